The summed E-state index contributed by atoms with van der Waals surface area (Å²) >= 11 is 0. The number of benzene rings is 1. The summed E-state index contributed by atoms with van der Waals surface area (Å²) in [5, 5.41) is 20.3. The van der Waals surface area contributed by atoms with E-state index in [9.17, 15) is 23.6 Å². The number of hydrogen-bond donors (Lipinski definition) is 1. The molecule has 1 rings (SSSR count). The van der Waals surface area contributed by atoms with E-state index < -0.39 is 20.5 Å². The molecule has 1 N–H and O–H groups in total. The van der Waals surface area contributed by atoms with Crippen LogP contribution in [0.2, 0.25) is 0 Å². The molecular weight excluding hydrogens is 296 g/mol. The molecule has 0 aliphatic heterocycles. The number of aliphatic hydroxyl groups excluding tert-OH is 1. The maximum Gasteiger partial charge on any atom is 0.271 e. The Bertz CT molecular complexity index is 667. The zero-order valence-electron chi connectivity index (χ0n) is 12.7. The topological polar surface area (TPSA) is 101 Å². The van der Waals surface area contributed by atoms with Gasteiger partial charge in [0.25, 0.3) is 5.69 Å². The third-order valence-corrected chi connectivity index (χ3v) is 5.89. The molecule has 0 heterocycles. The van der Waals surface area contributed by atoms with Crippen LogP contribution in [0.15, 0.2) is 17.0 Å². The molecular formula is C13H20N2O5S. The highest BCUT2D eigenvalue weighted by Crippen LogP contribution is 2.30. The van der Waals surface area contributed by atoms with Crippen LogP contribution < -0.4 is 0 Å². The van der Waals surface area contributed by atoms with Crippen LogP contribution in [0.3, 0.4) is 0 Å². The highest BCUT2D eigenvalue weighted by atomic mass is 32.2. The minimum atomic E-state index is -3.95. The van der Waals surface area contributed by atoms with Crippen molar-refractivity contribution in [1.29, 1.82) is 0 Å². The molecule has 0 aromatic heterocycles. The first-order valence-electron chi connectivity index (χ1n) is 6.30. The first-order chi connectivity index (χ1) is 9.45. The third-order valence-electron chi connectivity index (χ3n) is 3.69. The van der Waals surface area contributed by atoms with Gasteiger partial charge in [0, 0.05) is 19.2 Å². The molecule has 0 aliphatic carbocycles. The maximum absolute atomic E-state index is 12.7. The first kappa shape index (κ1) is 17.5. The minimum absolute atomic E-state index is 0.113. The molecule has 0 unspecified atom stereocenters. The number of hydrogen-bond acceptors (Lipinski definition) is 5. The van der Waals surface area contributed by atoms with Crippen LogP contribution in [0.25, 0.3) is 0 Å². The lowest BCUT2D eigenvalue weighted by atomic mass is 10.1. The largest absolute Gasteiger partial charge is 0.394 e. The van der Waals surface area contributed by atoms with Crippen molar-refractivity contribution >= 4 is 15.7 Å². The van der Waals surface area contributed by atoms with Gasteiger partial charge in [-0.3, -0.25) is 10.1 Å². The summed E-state index contributed by atoms with van der Waals surface area (Å²) in [5.41, 5.74) is -0.296. The number of likely N-dealkylation sites (N-methyl/N-ethyl adjacent to an activating group) is 1. The van der Waals surface area contributed by atoms with Crippen molar-refractivity contribution in [3.63, 3.8) is 0 Å². The van der Waals surface area contributed by atoms with Gasteiger partial charge in [-0.15, -0.1) is 0 Å². The highest BCUT2D eigenvalue weighted by molar-refractivity contribution is 7.89. The number of rotatable bonds is 5. The van der Waals surface area contributed by atoms with Gasteiger partial charge in [-0.1, -0.05) is 0 Å². The Hall–Kier alpha value is -1.51. The van der Waals surface area contributed by atoms with Crippen molar-refractivity contribution < 1.29 is 18.4 Å². The zero-order valence-corrected chi connectivity index (χ0v) is 13.6. The maximum atomic E-state index is 12.7. The van der Waals surface area contributed by atoms with Crippen LogP contribution in [-0.2, 0) is 10.0 Å². The Morgan fingerprint density at radius 3 is 2.29 bits per heavy atom. The molecule has 0 spiro atoms. The van der Waals surface area contributed by atoms with Crippen molar-refractivity contribution in [2.24, 2.45) is 0 Å². The van der Waals surface area contributed by atoms with Crippen LogP contribution >= 0.6 is 0 Å². The molecule has 1 aromatic rings. The van der Waals surface area contributed by atoms with Gasteiger partial charge < -0.3 is 5.11 Å². The number of aliphatic hydroxyl groups is 1. The number of nitro benzene ring substituents is 1. The molecule has 7 nitrogen and oxygen atoms in total. The molecule has 118 valence electrons. The quantitative estimate of drug-likeness (QED) is 0.657. The second-order valence-electron chi connectivity index (χ2n) is 5.59. The van der Waals surface area contributed by atoms with Crippen molar-refractivity contribution in [3.8, 4) is 0 Å². The van der Waals surface area contributed by atoms with E-state index >= 15 is 0 Å². The van der Waals surface area contributed by atoms with Crippen molar-refractivity contribution in [1.82, 2.24) is 4.31 Å². The Labute approximate surface area is 124 Å². The van der Waals surface area contributed by atoms with Crippen molar-refractivity contribution in [2.75, 3.05) is 13.7 Å². The van der Waals surface area contributed by atoms with E-state index in [1.807, 2.05) is 0 Å². The zero-order chi connectivity index (χ0) is 16.6. The van der Waals surface area contributed by atoms with Gasteiger partial charge in [-0.25, -0.2) is 8.42 Å². The molecule has 8 heteroatoms. The lowest BCUT2D eigenvalue weighted by Gasteiger charge is -2.33. The molecule has 0 aliphatic rings. The summed E-state index contributed by atoms with van der Waals surface area (Å²) in [6.07, 6.45) is 0. The van der Waals surface area contributed by atoms with Crippen LogP contribution in [0.4, 0.5) is 5.69 Å². The van der Waals surface area contributed by atoms with E-state index in [1.54, 1.807) is 27.7 Å². The number of sulfonamides is 1. The predicted molar refractivity (Wildman–Crippen MR) is 78.7 cm³/mol. The van der Waals surface area contributed by atoms with Gasteiger partial charge in [-0.2, -0.15) is 4.31 Å². The number of non-ortho nitro benzene ring substituents is 1. The monoisotopic (exact) mass is 316 g/mol. The lowest BCUT2D eigenvalue weighted by Crippen LogP contribution is -2.47. The molecule has 0 fully saturated rings. The molecule has 0 atom stereocenters. The number of nitrogens with zero attached hydrogens (tertiary/aromatic N) is 2. The summed E-state index contributed by atoms with van der Waals surface area (Å²) in [4.78, 5) is 10.2. The Kier molecular flexibility index (Phi) is 4.76. The first-order valence-corrected chi connectivity index (χ1v) is 7.74. The fourth-order valence-corrected chi connectivity index (χ4v) is 3.58. The van der Waals surface area contributed by atoms with E-state index in [0.29, 0.717) is 11.1 Å². The molecule has 0 radical (unpaired) electrons. The summed E-state index contributed by atoms with van der Waals surface area (Å²) in [5.74, 6) is 0. The van der Waals surface area contributed by atoms with Gasteiger partial charge in [0.2, 0.25) is 10.0 Å². The standard InChI is InChI=1S/C13H20N2O5S/c1-9-6-11(15(17)18)7-12(10(9)2)21(19,20)14(5)13(3,4)8-16/h6-7,16H,8H2,1-5H3. The second kappa shape index (κ2) is 5.70. The Morgan fingerprint density at radius 2 is 1.86 bits per heavy atom. The van der Waals surface area contributed by atoms with Crippen LogP contribution in [0.5, 0.6) is 0 Å². The van der Waals surface area contributed by atoms with E-state index in [4.69, 9.17) is 0 Å². The summed E-state index contributed by atoms with van der Waals surface area (Å²) in [6, 6.07) is 2.40. The second-order valence-corrected chi connectivity index (χ2v) is 7.52. The lowest BCUT2D eigenvalue weighted by molar-refractivity contribution is -0.385. The van der Waals surface area contributed by atoms with E-state index in [0.717, 1.165) is 10.4 Å². The van der Waals surface area contributed by atoms with Crippen molar-refractivity contribution in [2.45, 2.75) is 38.1 Å². The number of aryl methyl sites for hydroxylation is 1. The number of nitro groups is 1. The molecule has 0 amide bonds. The van der Waals surface area contributed by atoms with E-state index in [2.05, 4.69) is 0 Å². The van der Waals surface area contributed by atoms with E-state index in [-0.39, 0.29) is 17.2 Å². The third kappa shape index (κ3) is 3.22. The van der Waals surface area contributed by atoms with Gasteiger partial charge in [0.15, 0.2) is 0 Å². The fraction of sp³-hybridized carbons (Fsp3) is 0.538. The van der Waals surface area contributed by atoms with Crippen molar-refractivity contribution in [3.05, 3.63) is 33.4 Å². The molecule has 0 saturated carbocycles. The highest BCUT2D eigenvalue weighted by Gasteiger charge is 2.35. The smallest absolute Gasteiger partial charge is 0.271 e. The SMILES string of the molecule is Cc1cc([N+](=O)[O-])cc(S(=O)(=O)N(C)C(C)(C)CO)c1C. The van der Waals surface area contributed by atoms with Crippen LogP contribution in [0.1, 0.15) is 25.0 Å². The average Bonchev–Trinajstić information content (AvgIpc) is 2.40. The minimum Gasteiger partial charge on any atom is -0.394 e. The van der Waals surface area contributed by atoms with E-state index in [1.165, 1.54) is 13.1 Å². The van der Waals surface area contributed by atoms with Gasteiger partial charge >= 0.3 is 0 Å². The van der Waals surface area contributed by atoms with Crippen LogP contribution in [0, 0.1) is 24.0 Å². The molecule has 1 aromatic carbocycles. The Morgan fingerprint density at radius 1 is 1.33 bits per heavy atom. The summed E-state index contributed by atoms with van der Waals surface area (Å²) in [6.45, 7) is 6.01. The fourth-order valence-electron chi connectivity index (χ4n) is 1.75. The molecule has 0 saturated heterocycles. The molecule has 0 bridgehead atoms. The van der Waals surface area contributed by atoms with Gasteiger partial charge in [-0.05, 0) is 38.8 Å². The van der Waals surface area contributed by atoms with Crippen LogP contribution in [-0.4, -0.2) is 41.9 Å². The normalized spacial score (nSPS) is 12.7. The van der Waals surface area contributed by atoms with Gasteiger partial charge in [0.1, 0.15) is 0 Å². The summed E-state index contributed by atoms with van der Waals surface area (Å²) < 4.78 is 26.4. The molecule has 21 heavy (non-hydrogen) atoms. The average molecular weight is 316 g/mol. The van der Waals surface area contributed by atoms with Gasteiger partial charge in [0.05, 0.1) is 22.0 Å². The summed E-state index contributed by atoms with van der Waals surface area (Å²) in [7, 11) is -2.60. The Balaban J connectivity index is 3.55. The predicted octanol–water partition coefficient (Wildman–Crippen LogP) is 1.60.